The highest BCUT2D eigenvalue weighted by atomic mass is 19.1. The SMILES string of the molecule is COc1cnc2ccc(F)c(CNC3CCC(C)CC3)c2n1. The number of nitrogens with zero attached hydrogens (tertiary/aromatic N) is 2. The lowest BCUT2D eigenvalue weighted by Gasteiger charge is -2.27. The van der Waals surface area contributed by atoms with E-state index in [-0.39, 0.29) is 5.82 Å². The second-order valence-corrected chi connectivity index (χ2v) is 6.14. The van der Waals surface area contributed by atoms with E-state index in [4.69, 9.17) is 4.74 Å². The monoisotopic (exact) mass is 303 g/mol. The number of nitrogens with one attached hydrogen (secondary N) is 1. The summed E-state index contributed by atoms with van der Waals surface area (Å²) in [5.74, 6) is 0.972. The Hall–Kier alpha value is -1.75. The minimum atomic E-state index is -0.244. The number of benzene rings is 1. The number of fused-ring (bicyclic) bond motifs is 1. The summed E-state index contributed by atoms with van der Waals surface area (Å²) in [4.78, 5) is 8.64. The molecule has 1 aromatic carbocycles. The molecule has 0 unspecified atom stereocenters. The van der Waals surface area contributed by atoms with E-state index in [1.807, 2.05) is 0 Å². The average molecular weight is 303 g/mol. The lowest BCUT2D eigenvalue weighted by atomic mass is 9.87. The molecule has 4 nitrogen and oxygen atoms in total. The third-order valence-electron chi connectivity index (χ3n) is 4.53. The number of aromatic nitrogens is 2. The highest BCUT2D eigenvalue weighted by Gasteiger charge is 2.19. The van der Waals surface area contributed by atoms with Crippen LogP contribution in [0.15, 0.2) is 18.3 Å². The number of methoxy groups -OCH3 is 1. The maximum atomic E-state index is 14.2. The summed E-state index contributed by atoms with van der Waals surface area (Å²) in [6, 6.07) is 3.58. The van der Waals surface area contributed by atoms with Crippen LogP contribution in [0.25, 0.3) is 11.0 Å². The number of ether oxygens (including phenoxy) is 1. The molecule has 0 atom stereocenters. The second-order valence-electron chi connectivity index (χ2n) is 6.14. The summed E-state index contributed by atoms with van der Waals surface area (Å²) < 4.78 is 19.3. The molecule has 1 saturated carbocycles. The van der Waals surface area contributed by atoms with E-state index in [1.165, 1.54) is 26.0 Å². The Morgan fingerprint density at radius 1 is 1.27 bits per heavy atom. The van der Waals surface area contributed by atoms with Gasteiger partial charge in [0.1, 0.15) is 11.3 Å². The van der Waals surface area contributed by atoms with Gasteiger partial charge in [-0.1, -0.05) is 6.92 Å². The highest BCUT2D eigenvalue weighted by Crippen LogP contribution is 2.25. The van der Waals surface area contributed by atoms with Crippen molar-refractivity contribution in [3.05, 3.63) is 29.7 Å². The molecule has 1 N–H and O–H groups in total. The van der Waals surface area contributed by atoms with Gasteiger partial charge in [0.15, 0.2) is 0 Å². The molecule has 1 aliphatic carbocycles. The van der Waals surface area contributed by atoms with Crippen LogP contribution in [0.1, 0.15) is 38.2 Å². The standard InChI is InChI=1S/C17H22FN3O/c1-11-3-5-12(6-4-11)19-9-13-14(18)7-8-15-17(13)21-16(22-2)10-20-15/h7-8,10-12,19H,3-6,9H2,1-2H3. The van der Waals surface area contributed by atoms with Crippen LogP contribution in [0, 0.1) is 11.7 Å². The molecule has 1 aromatic heterocycles. The molecule has 0 saturated heterocycles. The average Bonchev–Trinajstić information content (AvgIpc) is 2.55. The van der Waals surface area contributed by atoms with Crippen molar-refractivity contribution in [1.29, 1.82) is 0 Å². The Bertz CT molecular complexity index is 654. The zero-order chi connectivity index (χ0) is 15.5. The topological polar surface area (TPSA) is 47.0 Å². The van der Waals surface area contributed by atoms with E-state index < -0.39 is 0 Å². The molecular weight excluding hydrogens is 281 g/mol. The fraction of sp³-hybridized carbons (Fsp3) is 0.529. The summed E-state index contributed by atoms with van der Waals surface area (Å²) in [6.45, 7) is 2.77. The smallest absolute Gasteiger partial charge is 0.232 e. The van der Waals surface area contributed by atoms with E-state index >= 15 is 0 Å². The normalized spacial score (nSPS) is 22.0. The summed E-state index contributed by atoms with van der Waals surface area (Å²) in [5, 5.41) is 3.48. The van der Waals surface area contributed by atoms with Crippen molar-refractivity contribution in [2.45, 2.75) is 45.2 Å². The maximum absolute atomic E-state index is 14.2. The first-order valence-electron chi connectivity index (χ1n) is 7.89. The van der Waals surface area contributed by atoms with Gasteiger partial charge in [-0.25, -0.2) is 14.4 Å². The van der Waals surface area contributed by atoms with Gasteiger partial charge >= 0.3 is 0 Å². The molecule has 0 amide bonds. The maximum Gasteiger partial charge on any atom is 0.232 e. The molecule has 0 bridgehead atoms. The van der Waals surface area contributed by atoms with Crippen LogP contribution in [0.5, 0.6) is 5.88 Å². The zero-order valence-electron chi connectivity index (χ0n) is 13.1. The van der Waals surface area contributed by atoms with Gasteiger partial charge in [0.2, 0.25) is 5.88 Å². The summed E-state index contributed by atoms with van der Waals surface area (Å²) in [5.41, 5.74) is 1.84. The van der Waals surface area contributed by atoms with Crippen molar-refractivity contribution in [2.75, 3.05) is 7.11 Å². The van der Waals surface area contributed by atoms with Crippen molar-refractivity contribution in [3.63, 3.8) is 0 Å². The van der Waals surface area contributed by atoms with Gasteiger partial charge in [-0.15, -0.1) is 0 Å². The van der Waals surface area contributed by atoms with Gasteiger partial charge < -0.3 is 10.1 Å². The Kier molecular flexibility index (Phi) is 4.52. The molecule has 1 fully saturated rings. The third kappa shape index (κ3) is 3.19. The van der Waals surface area contributed by atoms with Gasteiger partial charge in [0.05, 0.1) is 18.8 Å². The number of hydrogen-bond acceptors (Lipinski definition) is 4. The fourth-order valence-electron chi connectivity index (χ4n) is 3.07. The molecule has 2 aromatic rings. The minimum Gasteiger partial charge on any atom is -0.480 e. The van der Waals surface area contributed by atoms with Crippen LogP contribution in [0.3, 0.4) is 0 Å². The lowest BCUT2D eigenvalue weighted by molar-refractivity contribution is 0.306. The Balaban J connectivity index is 1.81. The number of rotatable bonds is 4. The molecule has 0 aliphatic heterocycles. The van der Waals surface area contributed by atoms with Crippen LogP contribution >= 0.6 is 0 Å². The van der Waals surface area contributed by atoms with Gasteiger partial charge in [-0.2, -0.15) is 0 Å². The van der Waals surface area contributed by atoms with Gasteiger partial charge in [0.25, 0.3) is 0 Å². The van der Waals surface area contributed by atoms with Gasteiger partial charge in [-0.05, 0) is 43.7 Å². The van der Waals surface area contributed by atoms with Crippen molar-refractivity contribution in [2.24, 2.45) is 5.92 Å². The third-order valence-corrected chi connectivity index (χ3v) is 4.53. The first-order valence-corrected chi connectivity index (χ1v) is 7.89. The molecule has 0 spiro atoms. The van der Waals surface area contributed by atoms with Crippen molar-refractivity contribution in [3.8, 4) is 5.88 Å². The summed E-state index contributed by atoms with van der Waals surface area (Å²) in [7, 11) is 1.54. The van der Waals surface area contributed by atoms with E-state index in [2.05, 4.69) is 22.2 Å². The summed E-state index contributed by atoms with van der Waals surface area (Å²) in [6.07, 6.45) is 6.34. The van der Waals surface area contributed by atoms with E-state index in [1.54, 1.807) is 12.3 Å². The molecular formula is C17H22FN3O. The summed E-state index contributed by atoms with van der Waals surface area (Å²) >= 11 is 0. The number of hydrogen-bond donors (Lipinski definition) is 1. The quantitative estimate of drug-likeness (QED) is 0.940. The van der Waals surface area contributed by atoms with Crippen LogP contribution in [0.4, 0.5) is 4.39 Å². The predicted molar refractivity (Wildman–Crippen MR) is 84.3 cm³/mol. The van der Waals surface area contributed by atoms with E-state index in [0.717, 1.165) is 18.8 Å². The van der Waals surface area contributed by atoms with Gasteiger partial charge in [0, 0.05) is 18.2 Å². The molecule has 118 valence electrons. The largest absolute Gasteiger partial charge is 0.480 e. The van der Waals surface area contributed by atoms with E-state index in [9.17, 15) is 4.39 Å². The molecule has 1 aliphatic rings. The van der Waals surface area contributed by atoms with Crippen LogP contribution < -0.4 is 10.1 Å². The Labute approximate surface area is 130 Å². The highest BCUT2D eigenvalue weighted by molar-refractivity contribution is 5.78. The van der Waals surface area contributed by atoms with Crippen molar-refractivity contribution in [1.82, 2.24) is 15.3 Å². The molecule has 5 heteroatoms. The first kappa shape index (κ1) is 15.2. The fourth-order valence-corrected chi connectivity index (χ4v) is 3.07. The molecule has 1 heterocycles. The minimum absolute atomic E-state index is 0.244. The molecule has 3 rings (SSSR count). The van der Waals surface area contributed by atoms with Crippen LogP contribution in [-0.2, 0) is 6.54 Å². The van der Waals surface area contributed by atoms with Crippen LogP contribution in [-0.4, -0.2) is 23.1 Å². The molecule has 0 radical (unpaired) electrons. The predicted octanol–water partition coefficient (Wildman–Crippen LogP) is 3.45. The second kappa shape index (κ2) is 6.57. The van der Waals surface area contributed by atoms with Crippen LogP contribution in [0.2, 0.25) is 0 Å². The van der Waals surface area contributed by atoms with E-state index in [0.29, 0.717) is 35.1 Å². The van der Waals surface area contributed by atoms with Crippen molar-refractivity contribution >= 4 is 11.0 Å². The molecule has 22 heavy (non-hydrogen) atoms. The first-order chi connectivity index (χ1) is 10.7. The van der Waals surface area contributed by atoms with Gasteiger partial charge in [-0.3, -0.25) is 0 Å². The zero-order valence-corrected chi connectivity index (χ0v) is 13.1. The van der Waals surface area contributed by atoms with Crippen molar-refractivity contribution < 1.29 is 9.13 Å². The number of halogens is 1. The Morgan fingerprint density at radius 2 is 2.05 bits per heavy atom. The lowest BCUT2D eigenvalue weighted by Crippen LogP contribution is -2.32. The Morgan fingerprint density at radius 3 is 2.77 bits per heavy atom.